The van der Waals surface area contributed by atoms with Crippen molar-refractivity contribution in [3.8, 4) is 11.5 Å². The van der Waals surface area contributed by atoms with Crippen LogP contribution in [0, 0.1) is 0 Å². The molecule has 1 heterocycles. The van der Waals surface area contributed by atoms with Crippen LogP contribution in [0.1, 0.15) is 31.4 Å². The highest BCUT2D eigenvalue weighted by Crippen LogP contribution is 2.38. The number of halogens is 2. The van der Waals surface area contributed by atoms with Gasteiger partial charge in [-0.15, -0.1) is 0 Å². The lowest BCUT2D eigenvalue weighted by Gasteiger charge is -2.13. The lowest BCUT2D eigenvalue weighted by Crippen LogP contribution is -2.08. The van der Waals surface area contributed by atoms with E-state index in [0.717, 1.165) is 4.47 Å². The lowest BCUT2D eigenvalue weighted by molar-refractivity contribution is -0.134. The Morgan fingerprint density at radius 3 is 2.55 bits per heavy atom. The molecule has 1 aliphatic rings. The van der Waals surface area contributed by atoms with Crippen molar-refractivity contribution in [2.24, 2.45) is 4.99 Å². The van der Waals surface area contributed by atoms with Crippen LogP contribution in [0.4, 0.5) is 0 Å². The van der Waals surface area contributed by atoms with Gasteiger partial charge >= 0.3 is 11.9 Å². The molecule has 0 spiro atoms. The smallest absolute Gasteiger partial charge is 0.363 e. The summed E-state index contributed by atoms with van der Waals surface area (Å²) < 4.78 is 17.7. The number of ether oxygens (including phenoxy) is 3. The van der Waals surface area contributed by atoms with Crippen molar-refractivity contribution in [1.29, 1.82) is 0 Å². The molecule has 3 rings (SSSR count). The maximum atomic E-state index is 12.2. The number of rotatable bonds is 6. The minimum atomic E-state index is -0.543. The third kappa shape index (κ3) is 5.13. The second-order valence-corrected chi connectivity index (χ2v) is 7.70. The van der Waals surface area contributed by atoms with E-state index in [-0.39, 0.29) is 24.0 Å². The van der Waals surface area contributed by atoms with Gasteiger partial charge in [-0.1, -0.05) is 22.9 Å². The van der Waals surface area contributed by atoms with E-state index in [1.54, 1.807) is 37.3 Å². The molecule has 0 unspecified atom stereocenters. The van der Waals surface area contributed by atoms with Gasteiger partial charge in [0.15, 0.2) is 17.2 Å². The normalized spacial score (nSPS) is 14.6. The highest BCUT2D eigenvalue weighted by atomic mass is 79.9. The van der Waals surface area contributed by atoms with Gasteiger partial charge in [0, 0.05) is 16.5 Å². The summed E-state index contributed by atoms with van der Waals surface area (Å²) in [5, 5.41) is 0. The molecular formula is C21H17Br2NO5. The van der Waals surface area contributed by atoms with Crippen molar-refractivity contribution in [2.45, 2.75) is 20.3 Å². The fourth-order valence-electron chi connectivity index (χ4n) is 2.50. The Morgan fingerprint density at radius 1 is 1.17 bits per heavy atom. The SMILES string of the molecule is CCOc1cc(/C=C2\N=C(c3ccc(Br)cc3)OC2=O)cc(Br)c1OC(=O)CC. The van der Waals surface area contributed by atoms with E-state index >= 15 is 0 Å². The topological polar surface area (TPSA) is 74.2 Å². The number of aliphatic imine (C=N–C) groups is 1. The van der Waals surface area contributed by atoms with E-state index < -0.39 is 5.97 Å². The van der Waals surface area contributed by atoms with Gasteiger partial charge in [0.1, 0.15) is 0 Å². The Hall–Kier alpha value is -2.45. The first-order chi connectivity index (χ1) is 13.9. The zero-order valence-corrected chi connectivity index (χ0v) is 18.9. The molecule has 6 nitrogen and oxygen atoms in total. The average molecular weight is 523 g/mol. The third-order valence-corrected chi connectivity index (χ3v) is 4.97. The molecule has 0 N–H and O–H groups in total. The van der Waals surface area contributed by atoms with Crippen LogP contribution in [0.15, 0.2) is 56.0 Å². The molecule has 0 aliphatic carbocycles. The second-order valence-electron chi connectivity index (χ2n) is 5.93. The zero-order valence-electron chi connectivity index (χ0n) is 15.7. The summed E-state index contributed by atoms with van der Waals surface area (Å²) >= 11 is 6.77. The molecule has 0 fully saturated rings. The van der Waals surface area contributed by atoms with E-state index in [0.29, 0.717) is 33.7 Å². The van der Waals surface area contributed by atoms with Crippen molar-refractivity contribution >= 4 is 55.8 Å². The third-order valence-electron chi connectivity index (χ3n) is 3.85. The van der Waals surface area contributed by atoms with Crippen LogP contribution >= 0.6 is 31.9 Å². The van der Waals surface area contributed by atoms with Crippen molar-refractivity contribution in [2.75, 3.05) is 6.61 Å². The molecule has 2 aromatic carbocycles. The monoisotopic (exact) mass is 521 g/mol. The summed E-state index contributed by atoms with van der Waals surface area (Å²) in [5.41, 5.74) is 1.50. The zero-order chi connectivity index (χ0) is 21.0. The summed E-state index contributed by atoms with van der Waals surface area (Å²) in [6, 6.07) is 10.7. The van der Waals surface area contributed by atoms with Crippen molar-refractivity contribution < 1.29 is 23.8 Å². The quantitative estimate of drug-likeness (QED) is 0.293. The minimum Gasteiger partial charge on any atom is -0.490 e. The Balaban J connectivity index is 1.95. The van der Waals surface area contributed by atoms with Crippen molar-refractivity contribution in [3.63, 3.8) is 0 Å². The van der Waals surface area contributed by atoms with Crippen LogP contribution in [0.2, 0.25) is 0 Å². The summed E-state index contributed by atoms with van der Waals surface area (Å²) in [6.07, 6.45) is 1.83. The van der Waals surface area contributed by atoms with E-state index in [1.807, 2.05) is 19.1 Å². The van der Waals surface area contributed by atoms with E-state index in [2.05, 4.69) is 36.9 Å². The highest BCUT2D eigenvalue weighted by molar-refractivity contribution is 9.10. The predicted molar refractivity (Wildman–Crippen MR) is 116 cm³/mol. The first-order valence-electron chi connectivity index (χ1n) is 8.86. The predicted octanol–water partition coefficient (Wildman–Crippen LogP) is 5.27. The van der Waals surface area contributed by atoms with Gasteiger partial charge in [-0.05, 0) is 70.9 Å². The molecule has 0 aromatic heterocycles. The maximum Gasteiger partial charge on any atom is 0.363 e. The van der Waals surface area contributed by atoms with E-state index in [1.165, 1.54) is 0 Å². The Labute approximate surface area is 184 Å². The number of carbonyl (C=O) groups is 2. The molecule has 8 heteroatoms. The number of benzene rings is 2. The van der Waals surface area contributed by atoms with Crippen molar-refractivity contribution in [1.82, 2.24) is 0 Å². The largest absolute Gasteiger partial charge is 0.490 e. The maximum absolute atomic E-state index is 12.2. The second kappa shape index (κ2) is 9.37. The molecule has 0 saturated carbocycles. The number of nitrogens with zero attached hydrogens (tertiary/aromatic N) is 1. The van der Waals surface area contributed by atoms with Crippen LogP contribution in [-0.2, 0) is 14.3 Å². The van der Waals surface area contributed by atoms with Crippen LogP contribution in [0.3, 0.4) is 0 Å². The number of hydrogen-bond donors (Lipinski definition) is 0. The summed E-state index contributed by atoms with van der Waals surface area (Å²) in [4.78, 5) is 28.2. The first kappa shape index (κ1) is 21.3. The Morgan fingerprint density at radius 2 is 1.90 bits per heavy atom. The molecule has 0 radical (unpaired) electrons. The standard InChI is InChI=1S/C21H17Br2NO5/c1-3-18(25)28-19-15(23)9-12(11-17(19)27-4-2)10-16-21(26)29-20(24-16)13-5-7-14(22)8-6-13/h5-11H,3-4H2,1-2H3/b16-10-. The van der Waals surface area contributed by atoms with Crippen LogP contribution in [0.25, 0.3) is 6.08 Å². The highest BCUT2D eigenvalue weighted by Gasteiger charge is 2.24. The van der Waals surface area contributed by atoms with Gasteiger partial charge in [0.2, 0.25) is 5.90 Å². The van der Waals surface area contributed by atoms with Gasteiger partial charge in [-0.3, -0.25) is 4.79 Å². The first-order valence-corrected chi connectivity index (χ1v) is 10.4. The molecule has 150 valence electrons. The van der Waals surface area contributed by atoms with E-state index in [9.17, 15) is 9.59 Å². The summed E-state index contributed by atoms with van der Waals surface area (Å²) in [7, 11) is 0. The van der Waals surface area contributed by atoms with Gasteiger partial charge in [0.05, 0.1) is 11.1 Å². The van der Waals surface area contributed by atoms with Crippen molar-refractivity contribution in [3.05, 3.63) is 62.2 Å². The molecular weight excluding hydrogens is 506 g/mol. The number of hydrogen-bond acceptors (Lipinski definition) is 6. The molecule has 2 aromatic rings. The van der Waals surface area contributed by atoms with Gasteiger partial charge < -0.3 is 14.2 Å². The molecule has 1 aliphatic heterocycles. The summed E-state index contributed by atoms with van der Waals surface area (Å²) in [6.45, 7) is 3.92. The minimum absolute atomic E-state index is 0.163. The Bertz CT molecular complexity index is 1010. The average Bonchev–Trinajstić information content (AvgIpc) is 3.05. The fraction of sp³-hybridized carbons (Fsp3) is 0.190. The molecule has 0 saturated heterocycles. The number of cyclic esters (lactones) is 1. The van der Waals surface area contributed by atoms with Gasteiger partial charge in [-0.2, -0.15) is 0 Å². The number of carbonyl (C=O) groups excluding carboxylic acids is 2. The van der Waals surface area contributed by atoms with Crippen LogP contribution in [0.5, 0.6) is 11.5 Å². The fourth-order valence-corrected chi connectivity index (χ4v) is 3.31. The van der Waals surface area contributed by atoms with Crippen LogP contribution < -0.4 is 9.47 Å². The molecule has 0 atom stereocenters. The van der Waals surface area contributed by atoms with Gasteiger partial charge in [-0.25, -0.2) is 9.79 Å². The van der Waals surface area contributed by atoms with E-state index in [4.69, 9.17) is 14.2 Å². The molecule has 0 bridgehead atoms. The lowest BCUT2D eigenvalue weighted by atomic mass is 10.1. The number of esters is 2. The van der Waals surface area contributed by atoms with Gasteiger partial charge in [0.25, 0.3) is 0 Å². The molecule has 29 heavy (non-hydrogen) atoms. The summed E-state index contributed by atoms with van der Waals surface area (Å²) in [5.74, 6) is 0.0126. The van der Waals surface area contributed by atoms with Crippen LogP contribution in [-0.4, -0.2) is 24.4 Å². The molecule has 0 amide bonds. The Kier molecular flexibility index (Phi) is 6.87.